The Bertz CT molecular complexity index is 1010. The second-order valence-electron chi connectivity index (χ2n) is 5.63. The van der Waals surface area contributed by atoms with E-state index in [4.69, 9.17) is 0 Å². The molecule has 0 radical (unpaired) electrons. The van der Waals surface area contributed by atoms with Crippen molar-refractivity contribution < 1.29 is 101 Å². The molecule has 0 unspecified atom stereocenters. The van der Waals surface area contributed by atoms with Gasteiger partial charge in [0.05, 0.1) is 11.9 Å². The van der Waals surface area contributed by atoms with Crippen LogP contribution in [0.4, 0.5) is 0 Å². The van der Waals surface area contributed by atoms with E-state index in [9.17, 15) is 19.8 Å². The number of aromatic carboxylic acids is 2. The van der Waals surface area contributed by atoms with Crippen molar-refractivity contribution in [3.05, 3.63) is 96.1 Å². The Morgan fingerprint density at radius 2 is 0.857 bits per heavy atom. The molecule has 0 fully saturated rings. The fourth-order valence-corrected chi connectivity index (χ4v) is 2.81. The molecule has 0 aromatic heterocycles. The van der Waals surface area contributed by atoms with Gasteiger partial charge >= 0.3 is 80.9 Å². The van der Waals surface area contributed by atoms with E-state index in [2.05, 4.69) is 0 Å². The van der Waals surface area contributed by atoms with E-state index in [1.165, 1.54) is 0 Å². The molecular formula is C22H14KNaO4. The van der Waals surface area contributed by atoms with Crippen LogP contribution in [-0.2, 0) is 0 Å². The normalized spacial score (nSPS) is 9.43. The Balaban J connectivity index is 0.000000261. The van der Waals surface area contributed by atoms with Crippen LogP contribution in [0, 0.1) is 0 Å². The summed E-state index contributed by atoms with van der Waals surface area (Å²) in [6, 6.07) is 25.0. The maximum Gasteiger partial charge on any atom is 1.00 e. The fraction of sp³-hybridized carbons (Fsp3) is 0. The van der Waals surface area contributed by atoms with Gasteiger partial charge in [-0.1, -0.05) is 84.9 Å². The molecule has 4 aromatic carbocycles. The van der Waals surface area contributed by atoms with Crippen molar-refractivity contribution in [3.8, 4) is 0 Å². The smallest absolute Gasteiger partial charge is 0.545 e. The quantitative estimate of drug-likeness (QED) is 0.324. The number of hydrogen-bond donors (Lipinski definition) is 0. The maximum atomic E-state index is 10.7. The van der Waals surface area contributed by atoms with Crippen molar-refractivity contribution in [1.29, 1.82) is 0 Å². The van der Waals surface area contributed by atoms with Gasteiger partial charge in [0.2, 0.25) is 0 Å². The second-order valence-corrected chi connectivity index (χ2v) is 5.63. The molecule has 128 valence electrons. The summed E-state index contributed by atoms with van der Waals surface area (Å²) in [5, 5.41) is 24.7. The predicted octanol–water partition coefficient (Wildman–Crippen LogP) is -3.59. The molecule has 0 spiro atoms. The number of carbonyl (C=O) groups is 2. The number of carboxylic acid groups (broad SMARTS) is 2. The molecule has 0 amide bonds. The van der Waals surface area contributed by atoms with Crippen LogP contribution in [-0.4, -0.2) is 11.9 Å². The third-order valence-electron chi connectivity index (χ3n) is 4.02. The van der Waals surface area contributed by atoms with E-state index in [0.717, 1.165) is 21.5 Å². The summed E-state index contributed by atoms with van der Waals surface area (Å²) in [4.78, 5) is 21.4. The van der Waals surface area contributed by atoms with Crippen molar-refractivity contribution in [3.63, 3.8) is 0 Å². The summed E-state index contributed by atoms with van der Waals surface area (Å²) in [6.07, 6.45) is 0. The van der Waals surface area contributed by atoms with Gasteiger partial charge in [-0.05, 0) is 21.5 Å². The van der Waals surface area contributed by atoms with Gasteiger partial charge in [-0.2, -0.15) is 0 Å². The Morgan fingerprint density at radius 3 is 1.21 bits per heavy atom. The van der Waals surface area contributed by atoms with Gasteiger partial charge in [-0.3, -0.25) is 0 Å². The van der Waals surface area contributed by atoms with Crippen molar-refractivity contribution in [2.24, 2.45) is 0 Å². The predicted molar refractivity (Wildman–Crippen MR) is 96.6 cm³/mol. The Labute approximate surface area is 227 Å². The first kappa shape index (κ1) is 25.0. The first-order chi connectivity index (χ1) is 12.6. The molecule has 4 nitrogen and oxygen atoms in total. The monoisotopic (exact) mass is 404 g/mol. The van der Waals surface area contributed by atoms with Crippen LogP contribution in [0.3, 0.4) is 0 Å². The molecule has 28 heavy (non-hydrogen) atoms. The Kier molecular flexibility index (Phi) is 10.6. The van der Waals surface area contributed by atoms with E-state index in [1.807, 2.05) is 48.5 Å². The van der Waals surface area contributed by atoms with Gasteiger partial charge in [0.1, 0.15) is 0 Å². The van der Waals surface area contributed by atoms with Crippen molar-refractivity contribution >= 4 is 33.5 Å². The van der Waals surface area contributed by atoms with E-state index < -0.39 is 11.9 Å². The summed E-state index contributed by atoms with van der Waals surface area (Å²) < 4.78 is 0. The number of benzene rings is 4. The van der Waals surface area contributed by atoms with E-state index >= 15 is 0 Å². The third kappa shape index (κ3) is 5.99. The summed E-state index contributed by atoms with van der Waals surface area (Å²) in [6.45, 7) is 0. The summed E-state index contributed by atoms with van der Waals surface area (Å²) >= 11 is 0. The molecule has 0 aliphatic carbocycles. The van der Waals surface area contributed by atoms with Gasteiger partial charge in [-0.15, -0.1) is 0 Å². The summed E-state index contributed by atoms with van der Waals surface area (Å²) in [5.41, 5.74) is 0.496. The first-order valence-electron chi connectivity index (χ1n) is 7.96. The molecule has 6 heteroatoms. The van der Waals surface area contributed by atoms with Crippen LogP contribution in [0.25, 0.3) is 21.5 Å². The third-order valence-corrected chi connectivity index (χ3v) is 4.02. The fourth-order valence-electron chi connectivity index (χ4n) is 2.81. The number of fused-ring (bicyclic) bond motifs is 2. The van der Waals surface area contributed by atoms with Crippen LogP contribution >= 0.6 is 0 Å². The van der Waals surface area contributed by atoms with Crippen LogP contribution < -0.4 is 91.2 Å². The molecule has 0 aliphatic rings. The molecule has 4 rings (SSSR count). The van der Waals surface area contributed by atoms with E-state index in [1.54, 1.807) is 36.4 Å². The van der Waals surface area contributed by atoms with E-state index in [0.29, 0.717) is 0 Å². The zero-order chi connectivity index (χ0) is 18.5. The SMILES string of the molecule is O=C([O-])c1cccc2ccccc12.O=C([O-])c1cccc2ccccc12.[K+].[Na+]. The maximum absolute atomic E-state index is 10.7. The zero-order valence-electron chi connectivity index (χ0n) is 15.7. The summed E-state index contributed by atoms with van der Waals surface area (Å²) in [7, 11) is 0. The Morgan fingerprint density at radius 1 is 0.536 bits per heavy atom. The van der Waals surface area contributed by atoms with Crippen LogP contribution in [0.5, 0.6) is 0 Å². The summed E-state index contributed by atoms with van der Waals surface area (Å²) in [5.74, 6) is -2.26. The number of hydrogen-bond acceptors (Lipinski definition) is 4. The molecule has 4 aromatic rings. The first-order valence-corrected chi connectivity index (χ1v) is 7.96. The topological polar surface area (TPSA) is 80.3 Å². The molecule has 0 N–H and O–H groups in total. The number of carbonyl (C=O) groups excluding carboxylic acids is 2. The molecule has 0 saturated carbocycles. The van der Waals surface area contributed by atoms with Gasteiger partial charge in [0.15, 0.2) is 0 Å². The Hall–Kier alpha value is -1.02. The molecule has 0 saturated heterocycles. The van der Waals surface area contributed by atoms with Crippen LogP contribution in [0.2, 0.25) is 0 Å². The average molecular weight is 404 g/mol. The minimum Gasteiger partial charge on any atom is -0.545 e. The van der Waals surface area contributed by atoms with Crippen molar-refractivity contribution in [2.45, 2.75) is 0 Å². The standard InChI is InChI=1S/2C11H8O2.K.Na/c2*12-11(13)10-7-3-5-8-4-1-2-6-9(8)10;;/h2*1-7H,(H,12,13);;/q;;2*+1/p-2. The molecule has 0 heterocycles. The van der Waals surface area contributed by atoms with Gasteiger partial charge in [0, 0.05) is 11.1 Å². The van der Waals surface area contributed by atoms with Crippen molar-refractivity contribution in [2.75, 3.05) is 0 Å². The molecular weight excluding hydrogens is 390 g/mol. The number of carboxylic acids is 2. The molecule has 0 bridgehead atoms. The molecule has 0 atom stereocenters. The van der Waals surface area contributed by atoms with E-state index in [-0.39, 0.29) is 92.1 Å². The minimum atomic E-state index is -1.13. The van der Waals surface area contributed by atoms with Crippen LogP contribution in [0.1, 0.15) is 20.7 Å². The van der Waals surface area contributed by atoms with Gasteiger partial charge < -0.3 is 19.8 Å². The van der Waals surface area contributed by atoms with Gasteiger partial charge in [0.25, 0.3) is 0 Å². The molecule has 0 aliphatic heterocycles. The average Bonchev–Trinajstić information content (AvgIpc) is 2.67. The van der Waals surface area contributed by atoms with Crippen LogP contribution in [0.15, 0.2) is 84.9 Å². The second kappa shape index (κ2) is 11.9. The van der Waals surface area contributed by atoms with Crippen molar-refractivity contribution in [1.82, 2.24) is 0 Å². The van der Waals surface area contributed by atoms with Gasteiger partial charge in [-0.25, -0.2) is 0 Å². The zero-order valence-corrected chi connectivity index (χ0v) is 20.8. The number of rotatable bonds is 2. The minimum absolute atomic E-state index is 0. The largest absolute Gasteiger partial charge is 1.00 e.